The van der Waals surface area contributed by atoms with Gasteiger partial charge < -0.3 is 14.9 Å². The predicted molar refractivity (Wildman–Crippen MR) is 156 cm³/mol. The van der Waals surface area contributed by atoms with Crippen molar-refractivity contribution in [1.82, 2.24) is 9.55 Å². The first-order valence-corrected chi connectivity index (χ1v) is 14.0. The summed E-state index contributed by atoms with van der Waals surface area (Å²) in [6.07, 6.45) is 3.55. The van der Waals surface area contributed by atoms with Crippen molar-refractivity contribution in [3.05, 3.63) is 75.6 Å². The highest BCUT2D eigenvalue weighted by Gasteiger charge is 2.39. The average Bonchev–Trinajstić information content (AvgIpc) is 2.91. The molecule has 4 aromatic rings. The third kappa shape index (κ3) is 4.08. The molecule has 0 aliphatic carbocycles. The van der Waals surface area contributed by atoms with Crippen LogP contribution in [0.3, 0.4) is 0 Å². The third-order valence-corrected chi connectivity index (χ3v) is 8.56. The van der Waals surface area contributed by atoms with Gasteiger partial charge in [0.2, 0.25) is 0 Å². The number of likely N-dealkylation sites (N-methyl/N-ethyl adjacent to an activating group) is 1. The van der Waals surface area contributed by atoms with Crippen molar-refractivity contribution >= 4 is 22.3 Å². The van der Waals surface area contributed by atoms with Gasteiger partial charge in [0, 0.05) is 37.8 Å². The molecule has 6 nitrogen and oxygen atoms in total. The Hall–Kier alpha value is -4.01. The molecule has 1 N–H and O–H groups in total. The maximum absolute atomic E-state index is 17.0. The van der Waals surface area contributed by atoms with Crippen LogP contribution in [0.2, 0.25) is 0 Å². The van der Waals surface area contributed by atoms with Crippen LogP contribution in [-0.4, -0.2) is 40.8 Å². The molecule has 0 spiro atoms. The standard InChI is InChI=1S/C32H33F3N4O2/c1-16(2)27-28(18(4)11-12-36-27)39-29-20(13-22(34)25(26(29)35)24-21(33)7-6-8-23(24)40)30-31(32(39)41)37(5)15-19-10-9-17(3)14-38(19)30/h6-8,11-13,16-17,19,40H,9-10,14-15H2,1-5H3/t17-,19+/m0/s1. The number of hydrogen-bond acceptors (Lipinski definition) is 5. The molecule has 4 heterocycles. The summed E-state index contributed by atoms with van der Waals surface area (Å²) in [5.74, 6) is -3.50. The summed E-state index contributed by atoms with van der Waals surface area (Å²) in [6.45, 7) is 9.06. The number of hydrogen-bond donors (Lipinski definition) is 1. The van der Waals surface area contributed by atoms with E-state index in [2.05, 4.69) is 16.8 Å². The molecule has 2 aromatic carbocycles. The number of phenols is 1. The molecule has 6 rings (SSSR count). The third-order valence-electron chi connectivity index (χ3n) is 8.56. The Morgan fingerprint density at radius 1 is 1.00 bits per heavy atom. The Morgan fingerprint density at radius 3 is 2.46 bits per heavy atom. The Balaban J connectivity index is 1.84. The Labute approximate surface area is 236 Å². The monoisotopic (exact) mass is 562 g/mol. The zero-order valence-electron chi connectivity index (χ0n) is 23.8. The number of benzene rings is 2. The lowest BCUT2D eigenvalue weighted by atomic mass is 9.90. The minimum Gasteiger partial charge on any atom is -0.507 e. The summed E-state index contributed by atoms with van der Waals surface area (Å²) in [4.78, 5) is 23.2. The molecule has 0 radical (unpaired) electrons. The van der Waals surface area contributed by atoms with Crippen molar-refractivity contribution < 1.29 is 18.3 Å². The van der Waals surface area contributed by atoms with E-state index in [4.69, 9.17) is 0 Å². The predicted octanol–water partition coefficient (Wildman–Crippen LogP) is 6.66. The largest absolute Gasteiger partial charge is 0.507 e. The SMILES string of the molecule is Cc1ccnc(C(C)C)c1-n1c(=O)c2c(c3cc(F)c(-c4c(O)cccc4F)c(F)c31)N1C[C@@H](C)CC[C@@H]1CN2C. The molecule has 2 atom stereocenters. The van der Waals surface area contributed by atoms with E-state index in [-0.39, 0.29) is 22.9 Å². The molecule has 41 heavy (non-hydrogen) atoms. The van der Waals surface area contributed by atoms with Crippen LogP contribution in [0.5, 0.6) is 5.75 Å². The lowest BCUT2D eigenvalue weighted by Crippen LogP contribution is -2.54. The molecule has 2 aromatic heterocycles. The fourth-order valence-electron chi connectivity index (χ4n) is 6.65. The molecule has 2 aliphatic heterocycles. The van der Waals surface area contributed by atoms with Crippen LogP contribution in [0.1, 0.15) is 50.8 Å². The van der Waals surface area contributed by atoms with Gasteiger partial charge in [0.25, 0.3) is 5.56 Å². The molecule has 1 saturated heterocycles. The van der Waals surface area contributed by atoms with Gasteiger partial charge in [0.1, 0.15) is 23.1 Å². The van der Waals surface area contributed by atoms with E-state index in [1.165, 1.54) is 22.8 Å². The highest BCUT2D eigenvalue weighted by atomic mass is 19.1. The highest BCUT2D eigenvalue weighted by Crippen LogP contribution is 2.46. The number of aryl methyl sites for hydroxylation is 1. The van der Waals surface area contributed by atoms with Gasteiger partial charge >= 0.3 is 0 Å². The van der Waals surface area contributed by atoms with Gasteiger partial charge in [0.05, 0.1) is 33.7 Å². The number of pyridine rings is 2. The Morgan fingerprint density at radius 2 is 1.76 bits per heavy atom. The van der Waals surface area contributed by atoms with Gasteiger partial charge in [0.15, 0.2) is 5.82 Å². The van der Waals surface area contributed by atoms with E-state index in [1.807, 2.05) is 32.7 Å². The van der Waals surface area contributed by atoms with Crippen LogP contribution >= 0.6 is 0 Å². The molecule has 9 heteroatoms. The molecular formula is C32H33F3N4O2. The van der Waals surface area contributed by atoms with Crippen LogP contribution in [-0.2, 0) is 0 Å². The maximum atomic E-state index is 17.0. The van der Waals surface area contributed by atoms with Crippen LogP contribution < -0.4 is 15.4 Å². The van der Waals surface area contributed by atoms with Crippen molar-refractivity contribution in [2.45, 2.75) is 52.5 Å². The first kappa shape index (κ1) is 27.2. The molecular weight excluding hydrogens is 529 g/mol. The lowest BCUT2D eigenvalue weighted by Gasteiger charge is -2.48. The number of anilines is 2. The molecule has 0 bridgehead atoms. The van der Waals surface area contributed by atoms with Gasteiger partial charge in [-0.2, -0.15) is 0 Å². The Kier molecular flexibility index (Phi) is 6.51. The zero-order valence-corrected chi connectivity index (χ0v) is 23.8. The Bertz CT molecular complexity index is 1750. The summed E-state index contributed by atoms with van der Waals surface area (Å²) in [5, 5.41) is 10.7. The molecule has 0 saturated carbocycles. The number of phenolic OH excluding ortho intramolecular Hbond substituents is 1. The van der Waals surface area contributed by atoms with Crippen LogP contribution in [0.4, 0.5) is 24.5 Å². The highest BCUT2D eigenvalue weighted by molar-refractivity contribution is 6.03. The smallest absolute Gasteiger partial charge is 0.281 e. The summed E-state index contributed by atoms with van der Waals surface area (Å²) in [6, 6.07) is 6.49. The van der Waals surface area contributed by atoms with Gasteiger partial charge in [-0.05, 0) is 61.4 Å². The van der Waals surface area contributed by atoms with E-state index < -0.39 is 39.9 Å². The number of nitrogens with zero attached hydrogens (tertiary/aromatic N) is 4. The van der Waals surface area contributed by atoms with E-state index in [9.17, 15) is 9.90 Å². The first-order valence-electron chi connectivity index (χ1n) is 14.0. The number of rotatable bonds is 3. The summed E-state index contributed by atoms with van der Waals surface area (Å²) < 4.78 is 49.4. The van der Waals surface area contributed by atoms with Crippen LogP contribution in [0, 0.1) is 30.3 Å². The molecule has 1 fully saturated rings. The van der Waals surface area contributed by atoms with Gasteiger partial charge in [-0.15, -0.1) is 0 Å². The second kappa shape index (κ2) is 9.82. The molecule has 214 valence electrons. The average molecular weight is 563 g/mol. The van der Waals surface area contributed by atoms with Crippen LogP contribution in [0.25, 0.3) is 27.7 Å². The molecule has 2 aliphatic rings. The fourth-order valence-corrected chi connectivity index (χ4v) is 6.65. The first-order chi connectivity index (χ1) is 19.5. The number of aromatic nitrogens is 2. The van der Waals surface area contributed by atoms with Gasteiger partial charge in [-0.3, -0.25) is 14.3 Å². The van der Waals surface area contributed by atoms with E-state index >= 15 is 13.2 Å². The summed E-state index contributed by atoms with van der Waals surface area (Å²) in [5.41, 5.74) is 0.594. The number of piperidine rings is 1. The van der Waals surface area contributed by atoms with Gasteiger partial charge in [-0.1, -0.05) is 26.8 Å². The van der Waals surface area contributed by atoms with E-state index in [0.717, 1.165) is 18.9 Å². The normalized spacial score (nSPS) is 18.7. The molecule has 0 unspecified atom stereocenters. The number of aromatic hydroxyl groups is 1. The second-order valence-corrected chi connectivity index (χ2v) is 11.8. The summed E-state index contributed by atoms with van der Waals surface area (Å²) in [7, 11) is 1.84. The second-order valence-electron chi connectivity index (χ2n) is 11.8. The van der Waals surface area contributed by atoms with Crippen molar-refractivity contribution in [3.8, 4) is 22.6 Å². The number of fused-ring (bicyclic) bond motifs is 5. The van der Waals surface area contributed by atoms with E-state index in [0.29, 0.717) is 47.3 Å². The van der Waals surface area contributed by atoms with Crippen molar-refractivity contribution in [2.75, 3.05) is 29.9 Å². The quantitative estimate of drug-likeness (QED) is 0.303. The minimum atomic E-state index is -1.12. The van der Waals surface area contributed by atoms with Crippen molar-refractivity contribution in [1.29, 1.82) is 0 Å². The van der Waals surface area contributed by atoms with E-state index in [1.54, 1.807) is 12.3 Å². The van der Waals surface area contributed by atoms with Crippen molar-refractivity contribution in [2.24, 2.45) is 5.92 Å². The van der Waals surface area contributed by atoms with Crippen molar-refractivity contribution in [3.63, 3.8) is 0 Å². The lowest BCUT2D eigenvalue weighted by molar-refractivity contribution is 0.371. The topological polar surface area (TPSA) is 61.6 Å². The van der Waals surface area contributed by atoms with Gasteiger partial charge in [-0.25, -0.2) is 13.2 Å². The maximum Gasteiger partial charge on any atom is 0.281 e. The zero-order chi connectivity index (χ0) is 29.3. The van der Waals surface area contributed by atoms with Crippen LogP contribution in [0.15, 0.2) is 41.3 Å². The number of halogens is 3. The fraction of sp³-hybridized carbons (Fsp3) is 0.375. The minimum absolute atomic E-state index is 0.0786. The summed E-state index contributed by atoms with van der Waals surface area (Å²) >= 11 is 0. The molecule has 0 amide bonds.